The maximum Gasteiger partial charge on any atom is 0.305 e. The minimum Gasteiger partial charge on any atom is -0.469 e. The number of carbonyl (C=O) groups excluding carboxylic acids is 2. The highest BCUT2D eigenvalue weighted by Crippen LogP contribution is 2.54. The third kappa shape index (κ3) is 8.99. The van der Waals surface area contributed by atoms with Crippen LogP contribution < -0.4 is 4.90 Å². The molecule has 0 unspecified atom stereocenters. The lowest BCUT2D eigenvalue weighted by atomic mass is 9.57. The van der Waals surface area contributed by atoms with Crippen LogP contribution in [0.5, 0.6) is 0 Å². The van der Waals surface area contributed by atoms with Crippen LogP contribution in [0.2, 0.25) is 0 Å². The van der Waals surface area contributed by atoms with Crippen LogP contribution in [0.3, 0.4) is 0 Å². The fourth-order valence-electron chi connectivity index (χ4n) is 10.4. The summed E-state index contributed by atoms with van der Waals surface area (Å²) in [6.45, 7) is 10.3. The molecule has 0 N–H and O–H groups in total. The van der Waals surface area contributed by atoms with Crippen molar-refractivity contribution in [2.24, 2.45) is 23.2 Å². The van der Waals surface area contributed by atoms with E-state index in [0.29, 0.717) is 31.7 Å². The van der Waals surface area contributed by atoms with Crippen molar-refractivity contribution in [1.82, 2.24) is 24.8 Å². The smallest absolute Gasteiger partial charge is 0.305 e. The average Bonchev–Trinajstić information content (AvgIpc) is 3.82. The molecule has 7 rings (SSSR count). The highest BCUT2D eigenvalue weighted by Gasteiger charge is 2.53. The lowest BCUT2D eigenvalue weighted by Gasteiger charge is -2.54. The van der Waals surface area contributed by atoms with Crippen LogP contribution in [0.1, 0.15) is 51.0 Å². The Bertz CT molecular complexity index is 2020. The van der Waals surface area contributed by atoms with Gasteiger partial charge < -0.3 is 24.2 Å². The summed E-state index contributed by atoms with van der Waals surface area (Å²) in [5.41, 5.74) is 0.696. The standard InChI is InChI=1S/C42H54F2N6O6S.H2S/c1-4-39(51)48-19-20-56-25-35(24-48)57(53,54)34-11-12-38(37(44)23-34)49-27-41(2,28-49)26-47-16-13-31(14-17-47)42(29-50-18-15-45-46-50,32-8-6-9-33(43)22-32)36-10-5-7-30(36)21-40(52)55-3;/h4,6,8-9,11-12,15,18,22-23,30-31,35-36H,1,5,7,10,13-14,16-17,19-21,24-29H2,2-3H3;1H2/t30-,35+,36+,42+;/m1./s1. The van der Waals surface area contributed by atoms with Gasteiger partial charge in [-0.2, -0.15) is 13.5 Å². The summed E-state index contributed by atoms with van der Waals surface area (Å²) < 4.78 is 70.4. The number of nitrogens with zero attached hydrogens (tertiary/aromatic N) is 6. The number of rotatable bonds is 13. The number of benzene rings is 2. The maximum absolute atomic E-state index is 15.7. The molecule has 0 bridgehead atoms. The van der Waals surface area contributed by atoms with Crippen molar-refractivity contribution >= 4 is 40.9 Å². The molecule has 12 nitrogen and oxygen atoms in total. The second-order valence-corrected chi connectivity index (χ2v) is 19.0. The predicted molar refractivity (Wildman–Crippen MR) is 220 cm³/mol. The van der Waals surface area contributed by atoms with Gasteiger partial charge in [-0.15, -0.1) is 5.10 Å². The lowest BCUT2D eigenvalue weighted by Crippen LogP contribution is -2.61. The van der Waals surface area contributed by atoms with Gasteiger partial charge in [0, 0.05) is 56.2 Å². The van der Waals surface area contributed by atoms with Crippen LogP contribution in [0.25, 0.3) is 0 Å². The Balaban J connectivity index is 0.00000567. The number of hydrogen-bond donors (Lipinski definition) is 0. The van der Waals surface area contributed by atoms with Gasteiger partial charge in [-0.25, -0.2) is 17.2 Å². The number of anilines is 1. The largest absolute Gasteiger partial charge is 0.469 e. The van der Waals surface area contributed by atoms with Gasteiger partial charge in [0.1, 0.15) is 16.9 Å². The van der Waals surface area contributed by atoms with Gasteiger partial charge in [0.15, 0.2) is 9.84 Å². The zero-order valence-electron chi connectivity index (χ0n) is 33.4. The molecule has 4 heterocycles. The SMILES string of the molecule is C=CC(=O)N1CCOC[C@@H](S(=O)(=O)c2ccc(N3CC(C)(CN4CCC([C@@](Cn5ccnn5)(c5cccc(F)c5)[C@H]5CCC[C@@H]5CC(=O)OC)CC4)C3)c(F)c2)C1.S. The minimum absolute atomic E-state index is 0. The van der Waals surface area contributed by atoms with Crippen molar-refractivity contribution in [2.45, 2.75) is 67.6 Å². The molecule has 2 aromatic carbocycles. The van der Waals surface area contributed by atoms with Crippen molar-refractivity contribution < 1.29 is 36.3 Å². The van der Waals surface area contributed by atoms with E-state index < -0.39 is 26.3 Å². The molecule has 4 atom stereocenters. The maximum atomic E-state index is 15.7. The van der Waals surface area contributed by atoms with E-state index in [4.69, 9.17) is 9.47 Å². The molecule has 16 heteroatoms. The van der Waals surface area contributed by atoms with Gasteiger partial charge in [-0.05, 0) is 98.5 Å². The normalized spacial score (nSPS) is 23.9. The first kappa shape index (κ1) is 43.7. The Labute approximate surface area is 347 Å². The molecule has 1 saturated carbocycles. The van der Waals surface area contributed by atoms with E-state index >= 15 is 8.78 Å². The third-order valence-electron chi connectivity index (χ3n) is 13.0. The molecule has 0 radical (unpaired) electrons. The molecule has 1 aromatic heterocycles. The predicted octanol–water partition coefficient (Wildman–Crippen LogP) is 5.01. The molecule has 1 aliphatic carbocycles. The van der Waals surface area contributed by atoms with Crippen molar-refractivity contribution in [2.75, 3.05) is 71.0 Å². The van der Waals surface area contributed by atoms with Crippen LogP contribution in [-0.4, -0.2) is 116 Å². The fraction of sp³-hybridized carbons (Fsp3) is 0.571. The molecule has 4 fully saturated rings. The quantitative estimate of drug-likeness (QED) is 0.171. The number of carbonyl (C=O) groups is 2. The molecule has 3 saturated heterocycles. The Morgan fingerprint density at radius 2 is 1.86 bits per heavy atom. The van der Waals surface area contributed by atoms with Gasteiger partial charge in [-0.1, -0.05) is 37.3 Å². The summed E-state index contributed by atoms with van der Waals surface area (Å²) in [6, 6.07) is 11.0. The number of likely N-dealkylation sites (tertiary alicyclic amines) is 1. The number of ether oxygens (including phenoxy) is 2. The van der Waals surface area contributed by atoms with Crippen molar-refractivity contribution in [3.8, 4) is 0 Å². The van der Waals surface area contributed by atoms with E-state index in [0.717, 1.165) is 69.4 Å². The summed E-state index contributed by atoms with van der Waals surface area (Å²) >= 11 is 0. The number of sulfone groups is 1. The second kappa shape index (κ2) is 18.2. The Kier molecular flexibility index (Phi) is 13.7. The highest BCUT2D eigenvalue weighted by molar-refractivity contribution is 7.92. The van der Waals surface area contributed by atoms with Crippen LogP contribution in [0.4, 0.5) is 14.5 Å². The summed E-state index contributed by atoms with van der Waals surface area (Å²) in [4.78, 5) is 30.6. The number of halogens is 2. The molecule has 3 aromatic rings. The van der Waals surface area contributed by atoms with E-state index in [9.17, 15) is 18.0 Å². The fourth-order valence-corrected chi connectivity index (χ4v) is 12.0. The topological polar surface area (TPSA) is 127 Å². The van der Waals surface area contributed by atoms with Gasteiger partial charge in [0.25, 0.3) is 0 Å². The molecule has 316 valence electrons. The van der Waals surface area contributed by atoms with Crippen molar-refractivity contribution in [1.29, 1.82) is 0 Å². The van der Waals surface area contributed by atoms with Crippen LogP contribution >= 0.6 is 13.5 Å². The van der Waals surface area contributed by atoms with E-state index in [1.807, 2.05) is 21.8 Å². The Morgan fingerprint density at radius 3 is 2.53 bits per heavy atom. The van der Waals surface area contributed by atoms with Crippen molar-refractivity contribution in [3.05, 3.63) is 84.7 Å². The molecular weight excluding hydrogens is 787 g/mol. The molecule has 3 aliphatic heterocycles. The monoisotopic (exact) mass is 842 g/mol. The first-order chi connectivity index (χ1) is 27.3. The number of amides is 1. The van der Waals surface area contributed by atoms with E-state index in [-0.39, 0.29) is 85.6 Å². The van der Waals surface area contributed by atoms with Crippen LogP contribution in [-0.2, 0) is 40.9 Å². The number of esters is 1. The summed E-state index contributed by atoms with van der Waals surface area (Å²) in [5.74, 6) is -1.08. The zero-order chi connectivity index (χ0) is 40.4. The van der Waals surface area contributed by atoms with Gasteiger partial charge in [0.05, 0.1) is 43.6 Å². The Hall–Kier alpha value is -3.86. The lowest BCUT2D eigenvalue weighted by molar-refractivity contribution is -0.142. The molecule has 4 aliphatic rings. The second-order valence-electron chi connectivity index (χ2n) is 16.8. The summed E-state index contributed by atoms with van der Waals surface area (Å²) in [7, 11) is -2.56. The van der Waals surface area contributed by atoms with E-state index in [2.05, 4.69) is 28.7 Å². The van der Waals surface area contributed by atoms with E-state index in [1.165, 1.54) is 30.2 Å². The molecule has 0 spiro atoms. The van der Waals surface area contributed by atoms with Gasteiger partial charge in [-0.3, -0.25) is 14.3 Å². The van der Waals surface area contributed by atoms with Crippen molar-refractivity contribution in [3.63, 3.8) is 0 Å². The minimum atomic E-state index is -3.99. The Morgan fingerprint density at radius 1 is 1.09 bits per heavy atom. The summed E-state index contributed by atoms with van der Waals surface area (Å²) in [6.07, 6.45) is 9.58. The molecular formula is C42H56F2N6O6S2. The number of hydrogen-bond acceptors (Lipinski definition) is 10. The molecule has 58 heavy (non-hydrogen) atoms. The first-order valence-corrected chi connectivity index (χ1v) is 21.6. The summed E-state index contributed by atoms with van der Waals surface area (Å²) in [5, 5.41) is 7.46. The average molecular weight is 843 g/mol. The highest BCUT2D eigenvalue weighted by atomic mass is 32.2. The third-order valence-corrected chi connectivity index (χ3v) is 15.1. The number of aromatic nitrogens is 3. The van der Waals surface area contributed by atoms with Gasteiger partial charge >= 0.3 is 5.97 Å². The molecule has 1 amide bonds. The van der Waals surface area contributed by atoms with E-state index in [1.54, 1.807) is 18.3 Å². The number of piperidine rings is 1. The van der Waals surface area contributed by atoms with Crippen LogP contribution in [0, 0.1) is 34.8 Å². The van der Waals surface area contributed by atoms with Gasteiger partial charge in [0.2, 0.25) is 5.91 Å². The first-order valence-electron chi connectivity index (χ1n) is 20.0. The zero-order valence-corrected chi connectivity index (χ0v) is 35.2. The number of methoxy groups -OCH3 is 1. The van der Waals surface area contributed by atoms with Crippen LogP contribution in [0.15, 0.2) is 72.4 Å².